The van der Waals surface area contributed by atoms with Crippen LogP contribution in [0.4, 0.5) is 10.5 Å². The minimum Gasteiger partial charge on any atom is -0.496 e. The van der Waals surface area contributed by atoms with Gasteiger partial charge in [-0.15, -0.1) is 0 Å². The van der Waals surface area contributed by atoms with E-state index in [0.717, 1.165) is 64.8 Å². The normalized spacial score (nSPS) is 21.9. The Labute approximate surface area is 225 Å². The molecule has 2 fully saturated rings. The molecule has 0 saturated carbocycles. The number of likely N-dealkylation sites (tertiary alicyclic amines) is 2. The number of halogens is 1. The molecule has 3 atom stereocenters. The van der Waals surface area contributed by atoms with Gasteiger partial charge in [-0.3, -0.25) is 4.79 Å². The van der Waals surface area contributed by atoms with Crippen molar-refractivity contribution >= 4 is 29.3 Å². The molecule has 1 unspecified atom stereocenters. The molecule has 2 saturated heterocycles. The summed E-state index contributed by atoms with van der Waals surface area (Å²) < 4.78 is 16.6. The Morgan fingerprint density at radius 1 is 1.19 bits per heavy atom. The van der Waals surface area contributed by atoms with Gasteiger partial charge in [0.2, 0.25) is 0 Å². The highest BCUT2D eigenvalue weighted by Crippen LogP contribution is 2.29. The highest BCUT2D eigenvalue weighted by molar-refractivity contribution is 6.33. The van der Waals surface area contributed by atoms with Crippen molar-refractivity contribution in [3.05, 3.63) is 22.7 Å². The standard InChI is InChI=1S/C27H43ClN4O5/c1-5-18(2)9-13-37-27(34)32-11-6-19(7-12-32)16-31-10-8-23(25(17-31)36-4)30-26(33)20-14-21(28)22(29)15-24(20)35-3/h14-15,18-19,23,25H,5-13,16-17,29H2,1-4H3,(H,30,33)/t18?,23-,25+/m0/s1. The second kappa shape index (κ2) is 14.1. The molecule has 2 aliphatic heterocycles. The molecule has 9 nitrogen and oxygen atoms in total. The maximum atomic E-state index is 13.0. The van der Waals surface area contributed by atoms with E-state index < -0.39 is 0 Å². The molecule has 2 heterocycles. The zero-order valence-electron chi connectivity index (χ0n) is 22.6. The van der Waals surface area contributed by atoms with Gasteiger partial charge in [0.1, 0.15) is 5.75 Å². The lowest BCUT2D eigenvalue weighted by Crippen LogP contribution is -2.55. The minimum absolute atomic E-state index is 0.123. The summed E-state index contributed by atoms with van der Waals surface area (Å²) in [6, 6.07) is 2.98. The Bertz CT molecular complexity index is 909. The Hall–Kier alpha value is -2.23. The van der Waals surface area contributed by atoms with Crippen LogP contribution in [0.15, 0.2) is 12.1 Å². The van der Waals surface area contributed by atoms with Gasteiger partial charge in [0.25, 0.3) is 5.91 Å². The fourth-order valence-electron chi connectivity index (χ4n) is 5.02. The molecule has 10 heteroatoms. The van der Waals surface area contributed by atoms with Crippen molar-refractivity contribution in [1.29, 1.82) is 0 Å². The maximum absolute atomic E-state index is 13.0. The van der Waals surface area contributed by atoms with Crippen molar-refractivity contribution in [2.45, 2.75) is 58.1 Å². The number of nitrogen functional groups attached to an aromatic ring is 1. The van der Waals surface area contributed by atoms with Crippen LogP contribution >= 0.6 is 11.6 Å². The Morgan fingerprint density at radius 2 is 1.92 bits per heavy atom. The molecule has 0 bridgehead atoms. The van der Waals surface area contributed by atoms with Crippen molar-refractivity contribution in [3.63, 3.8) is 0 Å². The van der Waals surface area contributed by atoms with Crippen LogP contribution in [0.3, 0.4) is 0 Å². The first-order chi connectivity index (χ1) is 17.7. The number of ether oxygens (including phenoxy) is 3. The number of carbonyl (C=O) groups is 2. The third-order valence-electron chi connectivity index (χ3n) is 7.75. The van der Waals surface area contributed by atoms with Crippen LogP contribution in [-0.2, 0) is 9.47 Å². The second-order valence-electron chi connectivity index (χ2n) is 10.3. The summed E-state index contributed by atoms with van der Waals surface area (Å²) in [5.74, 6) is 1.22. The van der Waals surface area contributed by atoms with Gasteiger partial charge < -0.3 is 35.1 Å². The number of hydrogen-bond donors (Lipinski definition) is 2. The van der Waals surface area contributed by atoms with E-state index in [4.69, 9.17) is 31.5 Å². The van der Waals surface area contributed by atoms with Crippen LogP contribution in [-0.4, -0.2) is 87.5 Å². The van der Waals surface area contributed by atoms with Crippen LogP contribution in [0.25, 0.3) is 0 Å². The zero-order valence-corrected chi connectivity index (χ0v) is 23.4. The summed E-state index contributed by atoms with van der Waals surface area (Å²) in [7, 11) is 3.18. The number of rotatable bonds is 10. The summed E-state index contributed by atoms with van der Waals surface area (Å²) in [6.45, 7) is 8.85. The van der Waals surface area contributed by atoms with Crippen LogP contribution in [0.1, 0.15) is 56.3 Å². The van der Waals surface area contributed by atoms with Crippen LogP contribution in [0, 0.1) is 11.8 Å². The zero-order chi connectivity index (χ0) is 26.9. The van der Waals surface area contributed by atoms with E-state index in [2.05, 4.69) is 24.1 Å². The molecule has 3 N–H and O–H groups in total. The fourth-order valence-corrected chi connectivity index (χ4v) is 5.18. The van der Waals surface area contributed by atoms with Gasteiger partial charge in [-0.1, -0.05) is 31.9 Å². The highest BCUT2D eigenvalue weighted by atomic mass is 35.5. The molecule has 3 rings (SSSR count). The highest BCUT2D eigenvalue weighted by Gasteiger charge is 2.33. The largest absolute Gasteiger partial charge is 0.496 e. The summed E-state index contributed by atoms with van der Waals surface area (Å²) in [5, 5.41) is 3.41. The molecular formula is C27H43ClN4O5. The smallest absolute Gasteiger partial charge is 0.409 e. The lowest BCUT2D eigenvalue weighted by atomic mass is 9.94. The molecule has 208 valence electrons. The summed E-state index contributed by atoms with van der Waals surface area (Å²) in [5.41, 5.74) is 6.56. The van der Waals surface area contributed by atoms with Crippen molar-refractivity contribution in [2.75, 3.05) is 59.3 Å². The van der Waals surface area contributed by atoms with Crippen LogP contribution in [0.5, 0.6) is 5.75 Å². The molecule has 1 aromatic carbocycles. The molecule has 0 aromatic heterocycles. The topological polar surface area (TPSA) is 106 Å². The quantitative estimate of drug-likeness (QED) is 0.433. The van der Waals surface area contributed by atoms with Crippen molar-refractivity contribution in [3.8, 4) is 5.75 Å². The number of piperidine rings is 2. The van der Waals surface area contributed by atoms with Crippen molar-refractivity contribution in [1.82, 2.24) is 15.1 Å². The first-order valence-electron chi connectivity index (χ1n) is 13.4. The van der Waals surface area contributed by atoms with Crippen LogP contribution in [0.2, 0.25) is 5.02 Å². The van der Waals surface area contributed by atoms with E-state index >= 15 is 0 Å². The number of nitrogens with two attached hydrogens (primary N) is 1. The molecular weight excluding hydrogens is 496 g/mol. The molecule has 0 radical (unpaired) electrons. The summed E-state index contributed by atoms with van der Waals surface area (Å²) in [6.07, 6.45) is 4.40. The van der Waals surface area contributed by atoms with Gasteiger partial charge in [-0.2, -0.15) is 0 Å². The van der Waals surface area contributed by atoms with Gasteiger partial charge in [-0.05, 0) is 43.6 Å². The number of nitrogens with zero attached hydrogens (tertiary/aromatic N) is 2. The predicted molar refractivity (Wildman–Crippen MR) is 145 cm³/mol. The third kappa shape index (κ3) is 8.12. The van der Waals surface area contributed by atoms with E-state index in [9.17, 15) is 9.59 Å². The average molecular weight is 539 g/mol. The van der Waals surface area contributed by atoms with Crippen LogP contribution < -0.4 is 15.8 Å². The van der Waals surface area contributed by atoms with E-state index in [1.807, 2.05) is 4.90 Å². The maximum Gasteiger partial charge on any atom is 0.409 e. The number of anilines is 1. The van der Waals surface area contributed by atoms with Gasteiger partial charge in [0.05, 0.1) is 42.1 Å². The SMILES string of the molecule is CCC(C)CCOC(=O)N1CCC(CN2CC[C@H](NC(=O)c3cc(Cl)c(N)cc3OC)[C@H](OC)C2)CC1. The average Bonchev–Trinajstić information content (AvgIpc) is 2.90. The number of amides is 2. The first-order valence-corrected chi connectivity index (χ1v) is 13.7. The molecule has 2 amide bonds. The summed E-state index contributed by atoms with van der Waals surface area (Å²) in [4.78, 5) is 29.6. The molecule has 37 heavy (non-hydrogen) atoms. The number of hydrogen-bond acceptors (Lipinski definition) is 7. The lowest BCUT2D eigenvalue weighted by Gasteiger charge is -2.40. The van der Waals surface area contributed by atoms with Crippen molar-refractivity contribution in [2.24, 2.45) is 11.8 Å². The minimum atomic E-state index is -0.261. The first kappa shape index (κ1) is 29.3. The predicted octanol–water partition coefficient (Wildman–Crippen LogP) is 4.03. The Morgan fingerprint density at radius 3 is 2.57 bits per heavy atom. The third-order valence-corrected chi connectivity index (χ3v) is 8.08. The fraction of sp³-hybridized carbons (Fsp3) is 0.704. The summed E-state index contributed by atoms with van der Waals surface area (Å²) >= 11 is 6.14. The van der Waals surface area contributed by atoms with E-state index in [1.165, 1.54) is 13.2 Å². The Balaban J connectivity index is 1.45. The van der Waals surface area contributed by atoms with Gasteiger partial charge in [0, 0.05) is 45.9 Å². The Kier molecular flexibility index (Phi) is 11.2. The number of methoxy groups -OCH3 is 2. The van der Waals surface area contributed by atoms with Gasteiger partial charge in [0.15, 0.2) is 0 Å². The molecule has 0 spiro atoms. The lowest BCUT2D eigenvalue weighted by molar-refractivity contribution is -0.00146. The number of nitrogens with one attached hydrogen (secondary N) is 1. The molecule has 2 aliphatic rings. The molecule has 0 aliphatic carbocycles. The number of benzene rings is 1. The van der Waals surface area contributed by atoms with E-state index in [0.29, 0.717) is 40.5 Å². The number of carbonyl (C=O) groups excluding carboxylic acids is 2. The van der Waals surface area contributed by atoms with E-state index in [1.54, 1.807) is 13.2 Å². The van der Waals surface area contributed by atoms with Gasteiger partial charge >= 0.3 is 6.09 Å². The van der Waals surface area contributed by atoms with E-state index in [-0.39, 0.29) is 24.1 Å². The molecule has 1 aromatic rings. The monoisotopic (exact) mass is 538 g/mol. The van der Waals surface area contributed by atoms with Gasteiger partial charge in [-0.25, -0.2) is 4.79 Å². The van der Waals surface area contributed by atoms with Crippen molar-refractivity contribution < 1.29 is 23.8 Å². The second-order valence-corrected chi connectivity index (χ2v) is 10.7.